The molecular formula is C25H27ClN4O. The van der Waals surface area contributed by atoms with Gasteiger partial charge in [0, 0.05) is 48.6 Å². The first kappa shape index (κ1) is 21.4. The van der Waals surface area contributed by atoms with E-state index < -0.39 is 0 Å². The summed E-state index contributed by atoms with van der Waals surface area (Å²) in [6, 6.07) is 11.2. The van der Waals surface area contributed by atoms with Crippen LogP contribution < -0.4 is 0 Å². The van der Waals surface area contributed by atoms with Crippen molar-refractivity contribution >= 4 is 17.5 Å². The first-order valence-electron chi connectivity index (χ1n) is 10.7. The van der Waals surface area contributed by atoms with E-state index in [-0.39, 0.29) is 17.2 Å². The molecule has 3 aromatic rings. The first-order valence-corrected chi connectivity index (χ1v) is 11.0. The number of amides is 1. The van der Waals surface area contributed by atoms with Crippen molar-refractivity contribution < 1.29 is 4.79 Å². The number of hydrogen-bond donors (Lipinski definition) is 0. The van der Waals surface area contributed by atoms with E-state index in [9.17, 15) is 4.79 Å². The molecule has 1 fully saturated rings. The number of piperidine rings is 1. The maximum absolute atomic E-state index is 12.9. The molecule has 3 heterocycles. The van der Waals surface area contributed by atoms with Crippen LogP contribution in [0.5, 0.6) is 0 Å². The van der Waals surface area contributed by atoms with Gasteiger partial charge in [0.1, 0.15) is 5.82 Å². The first-order chi connectivity index (χ1) is 14.8. The molecule has 0 aliphatic carbocycles. The molecule has 0 atom stereocenters. The second-order valence-corrected chi connectivity index (χ2v) is 9.43. The maximum Gasteiger partial charge on any atom is 0.255 e. The molecule has 1 saturated heterocycles. The number of carbonyl (C=O) groups is 1. The van der Waals surface area contributed by atoms with Crippen LogP contribution in [0, 0.1) is 0 Å². The Morgan fingerprint density at radius 1 is 1.06 bits per heavy atom. The number of carbonyl (C=O) groups excluding carboxylic acids is 1. The molecule has 1 aliphatic rings. The summed E-state index contributed by atoms with van der Waals surface area (Å²) in [6.45, 7) is 7.74. The van der Waals surface area contributed by atoms with Crippen LogP contribution in [0.1, 0.15) is 61.4 Å². The second-order valence-electron chi connectivity index (χ2n) is 9.02. The molecule has 0 spiro atoms. The molecule has 0 saturated carbocycles. The van der Waals surface area contributed by atoms with Gasteiger partial charge in [-0.2, -0.15) is 0 Å². The molecule has 4 rings (SSSR count). The van der Waals surface area contributed by atoms with E-state index >= 15 is 0 Å². The molecular weight excluding hydrogens is 408 g/mol. The molecule has 1 amide bonds. The Morgan fingerprint density at radius 2 is 1.74 bits per heavy atom. The van der Waals surface area contributed by atoms with Gasteiger partial charge in [0.05, 0.1) is 16.3 Å². The highest BCUT2D eigenvalue weighted by Gasteiger charge is 2.29. The molecule has 31 heavy (non-hydrogen) atoms. The molecule has 0 N–H and O–H groups in total. The van der Waals surface area contributed by atoms with Crippen LogP contribution in [0.25, 0.3) is 11.1 Å². The van der Waals surface area contributed by atoms with Gasteiger partial charge in [-0.3, -0.25) is 9.78 Å². The lowest BCUT2D eigenvalue weighted by Crippen LogP contribution is -2.38. The summed E-state index contributed by atoms with van der Waals surface area (Å²) in [5.74, 6) is 1.11. The van der Waals surface area contributed by atoms with E-state index in [2.05, 4.69) is 30.7 Å². The van der Waals surface area contributed by atoms with Gasteiger partial charge >= 0.3 is 0 Å². The van der Waals surface area contributed by atoms with Gasteiger partial charge < -0.3 is 4.90 Å². The normalized spacial score (nSPS) is 15.2. The number of benzene rings is 1. The van der Waals surface area contributed by atoms with Crippen LogP contribution in [-0.4, -0.2) is 38.8 Å². The molecule has 5 nitrogen and oxygen atoms in total. The smallest absolute Gasteiger partial charge is 0.255 e. The summed E-state index contributed by atoms with van der Waals surface area (Å²) in [4.78, 5) is 28.7. The zero-order valence-corrected chi connectivity index (χ0v) is 18.9. The van der Waals surface area contributed by atoms with Gasteiger partial charge in [-0.15, -0.1) is 0 Å². The Balaban J connectivity index is 1.60. The predicted octanol–water partition coefficient (Wildman–Crippen LogP) is 5.51. The van der Waals surface area contributed by atoms with Crippen molar-refractivity contribution in [3.8, 4) is 11.1 Å². The lowest BCUT2D eigenvalue weighted by atomic mass is 9.87. The maximum atomic E-state index is 12.9. The van der Waals surface area contributed by atoms with Gasteiger partial charge in [0.15, 0.2) is 0 Å². The highest BCUT2D eigenvalue weighted by Crippen LogP contribution is 2.35. The Labute approximate surface area is 188 Å². The van der Waals surface area contributed by atoms with Gasteiger partial charge in [0.25, 0.3) is 5.91 Å². The average molecular weight is 435 g/mol. The number of pyridine rings is 1. The monoisotopic (exact) mass is 434 g/mol. The molecule has 0 radical (unpaired) electrons. The van der Waals surface area contributed by atoms with Crippen molar-refractivity contribution in [2.24, 2.45) is 0 Å². The second kappa shape index (κ2) is 8.75. The standard InChI is InChI=1S/C25H27ClN4O/c1-25(2,3)24-28-16-20(17-8-12-27-13-9-17)22(29-24)18-10-14-30(15-11-18)23(31)19-6-4-5-7-21(19)26/h4-9,12-13,16,18H,10-11,14-15H2,1-3H3. The summed E-state index contributed by atoms with van der Waals surface area (Å²) in [7, 11) is 0. The van der Waals surface area contributed by atoms with Gasteiger partial charge in [-0.05, 0) is 42.7 Å². The quantitative estimate of drug-likeness (QED) is 0.545. The third-order valence-electron chi connectivity index (χ3n) is 5.75. The number of rotatable bonds is 3. The lowest BCUT2D eigenvalue weighted by Gasteiger charge is -2.33. The zero-order chi connectivity index (χ0) is 22.0. The van der Waals surface area contributed by atoms with Crippen molar-refractivity contribution in [1.29, 1.82) is 0 Å². The SMILES string of the molecule is CC(C)(C)c1ncc(-c2ccncc2)c(C2CCN(C(=O)c3ccccc3Cl)CC2)n1. The fourth-order valence-electron chi connectivity index (χ4n) is 3.98. The third kappa shape index (κ3) is 4.62. The van der Waals surface area contributed by atoms with Crippen molar-refractivity contribution in [2.75, 3.05) is 13.1 Å². The fourth-order valence-corrected chi connectivity index (χ4v) is 4.20. The number of likely N-dealkylation sites (tertiary alicyclic amines) is 1. The van der Waals surface area contributed by atoms with Gasteiger partial charge in [-0.1, -0.05) is 44.5 Å². The zero-order valence-electron chi connectivity index (χ0n) is 18.2. The van der Waals surface area contributed by atoms with E-state index in [0.717, 1.165) is 35.5 Å². The minimum Gasteiger partial charge on any atom is -0.339 e. The van der Waals surface area contributed by atoms with Gasteiger partial charge in [-0.25, -0.2) is 9.97 Å². The van der Waals surface area contributed by atoms with Gasteiger partial charge in [0.2, 0.25) is 0 Å². The summed E-state index contributed by atoms with van der Waals surface area (Å²) in [6.07, 6.45) is 7.24. The summed E-state index contributed by atoms with van der Waals surface area (Å²) >= 11 is 6.24. The van der Waals surface area contributed by atoms with E-state index in [1.54, 1.807) is 24.5 Å². The average Bonchev–Trinajstić information content (AvgIpc) is 2.79. The molecule has 160 valence electrons. The predicted molar refractivity (Wildman–Crippen MR) is 123 cm³/mol. The van der Waals surface area contributed by atoms with Crippen LogP contribution in [0.4, 0.5) is 0 Å². The Kier molecular flexibility index (Phi) is 6.05. The van der Waals surface area contributed by atoms with Crippen LogP contribution in [0.3, 0.4) is 0 Å². The molecule has 1 aromatic carbocycles. The summed E-state index contributed by atoms with van der Waals surface area (Å²) in [5.41, 5.74) is 3.62. The molecule has 0 bridgehead atoms. The van der Waals surface area contributed by atoms with Crippen molar-refractivity contribution in [3.63, 3.8) is 0 Å². The Morgan fingerprint density at radius 3 is 2.39 bits per heavy atom. The Bertz CT molecular complexity index is 1070. The lowest BCUT2D eigenvalue weighted by molar-refractivity contribution is 0.0712. The van der Waals surface area contributed by atoms with Crippen molar-refractivity contribution in [3.05, 3.63) is 77.1 Å². The summed E-state index contributed by atoms with van der Waals surface area (Å²) in [5, 5.41) is 0.500. The summed E-state index contributed by atoms with van der Waals surface area (Å²) < 4.78 is 0. The highest BCUT2D eigenvalue weighted by atomic mass is 35.5. The molecule has 0 unspecified atom stereocenters. The number of hydrogen-bond acceptors (Lipinski definition) is 4. The minimum atomic E-state index is -0.133. The van der Waals surface area contributed by atoms with Crippen LogP contribution >= 0.6 is 11.6 Å². The van der Waals surface area contributed by atoms with Crippen molar-refractivity contribution in [1.82, 2.24) is 19.9 Å². The Hall–Kier alpha value is -2.79. The molecule has 6 heteroatoms. The van der Waals surface area contributed by atoms with Crippen LogP contribution in [0.2, 0.25) is 5.02 Å². The largest absolute Gasteiger partial charge is 0.339 e. The van der Waals surface area contributed by atoms with E-state index in [1.807, 2.05) is 35.4 Å². The minimum absolute atomic E-state index is 0.00326. The fraction of sp³-hybridized carbons (Fsp3) is 0.360. The van der Waals surface area contributed by atoms with E-state index in [0.29, 0.717) is 23.7 Å². The van der Waals surface area contributed by atoms with E-state index in [4.69, 9.17) is 16.6 Å². The molecule has 2 aromatic heterocycles. The highest BCUT2D eigenvalue weighted by molar-refractivity contribution is 6.33. The molecule has 1 aliphatic heterocycles. The third-order valence-corrected chi connectivity index (χ3v) is 6.08. The topological polar surface area (TPSA) is 59.0 Å². The van der Waals surface area contributed by atoms with E-state index in [1.165, 1.54) is 0 Å². The number of nitrogens with zero attached hydrogens (tertiary/aromatic N) is 4. The number of halogens is 1. The number of aromatic nitrogens is 3. The van der Waals surface area contributed by atoms with Crippen LogP contribution in [-0.2, 0) is 5.41 Å². The van der Waals surface area contributed by atoms with Crippen molar-refractivity contribution in [2.45, 2.75) is 44.9 Å². The van der Waals surface area contributed by atoms with Crippen LogP contribution in [0.15, 0.2) is 55.0 Å².